The van der Waals surface area contributed by atoms with Crippen LogP contribution >= 0.6 is 0 Å². The highest BCUT2D eigenvalue weighted by Crippen LogP contribution is 2.40. The molecule has 1 unspecified atom stereocenters. The third-order valence-electron chi connectivity index (χ3n) is 6.92. The van der Waals surface area contributed by atoms with E-state index >= 15 is 0 Å². The van der Waals surface area contributed by atoms with Gasteiger partial charge in [0.15, 0.2) is 0 Å². The van der Waals surface area contributed by atoms with Crippen molar-refractivity contribution in [1.82, 2.24) is 4.90 Å². The molecule has 0 amide bonds. The molecule has 2 aromatic rings. The zero-order valence-corrected chi connectivity index (χ0v) is 18.5. The lowest BCUT2D eigenvalue weighted by Gasteiger charge is -2.45. The molecule has 1 saturated heterocycles. The average Bonchev–Trinajstić information content (AvgIpc) is 2.75. The SMILES string of the molecule is C[C@H]1CN(CC(Cc2ccccc2)C(=O)CCC(=O)O)CC[C@@]1(C)c1cccc(O)c1. The van der Waals surface area contributed by atoms with E-state index in [0.717, 1.165) is 30.6 Å². The molecular weight excluding hydrogens is 390 g/mol. The first-order chi connectivity index (χ1) is 14.8. The number of hydrogen-bond donors (Lipinski definition) is 2. The quantitative estimate of drug-likeness (QED) is 0.629. The molecule has 0 saturated carbocycles. The van der Waals surface area contributed by atoms with Crippen molar-refractivity contribution in [2.45, 2.75) is 44.9 Å². The second kappa shape index (κ2) is 10.1. The van der Waals surface area contributed by atoms with E-state index in [1.54, 1.807) is 6.07 Å². The first kappa shape index (κ1) is 23.0. The molecule has 31 heavy (non-hydrogen) atoms. The first-order valence-corrected chi connectivity index (χ1v) is 11.1. The van der Waals surface area contributed by atoms with Crippen LogP contribution in [-0.4, -0.2) is 46.5 Å². The number of carbonyl (C=O) groups is 2. The summed E-state index contributed by atoms with van der Waals surface area (Å²) in [5.41, 5.74) is 2.22. The summed E-state index contributed by atoms with van der Waals surface area (Å²) in [6.45, 7) is 6.86. The highest BCUT2D eigenvalue weighted by molar-refractivity contribution is 5.84. The molecule has 1 aliphatic rings. The number of piperidine rings is 1. The van der Waals surface area contributed by atoms with Crippen molar-refractivity contribution < 1.29 is 19.8 Å². The van der Waals surface area contributed by atoms with Gasteiger partial charge in [-0.15, -0.1) is 0 Å². The van der Waals surface area contributed by atoms with E-state index in [1.165, 1.54) is 0 Å². The predicted molar refractivity (Wildman–Crippen MR) is 121 cm³/mol. The monoisotopic (exact) mass is 423 g/mol. The van der Waals surface area contributed by atoms with Crippen LogP contribution in [0.15, 0.2) is 54.6 Å². The number of nitrogens with zero attached hydrogens (tertiary/aromatic N) is 1. The first-order valence-electron chi connectivity index (χ1n) is 11.1. The molecule has 3 atom stereocenters. The van der Waals surface area contributed by atoms with E-state index in [2.05, 4.69) is 24.8 Å². The number of aromatic hydroxyl groups is 1. The minimum atomic E-state index is -0.930. The fourth-order valence-electron chi connectivity index (χ4n) is 4.70. The normalized spacial score (nSPS) is 22.7. The van der Waals surface area contributed by atoms with Crippen LogP contribution in [0.4, 0.5) is 0 Å². The summed E-state index contributed by atoms with van der Waals surface area (Å²) in [6, 6.07) is 17.5. The molecule has 1 fully saturated rings. The van der Waals surface area contributed by atoms with E-state index in [9.17, 15) is 14.7 Å². The van der Waals surface area contributed by atoms with Crippen LogP contribution in [0.25, 0.3) is 0 Å². The Morgan fingerprint density at radius 2 is 1.87 bits per heavy atom. The Kier molecular flexibility index (Phi) is 7.50. The summed E-state index contributed by atoms with van der Waals surface area (Å²) in [5.74, 6) is -0.463. The van der Waals surface area contributed by atoms with E-state index < -0.39 is 5.97 Å². The minimum Gasteiger partial charge on any atom is -0.508 e. The summed E-state index contributed by atoms with van der Waals surface area (Å²) in [4.78, 5) is 26.2. The number of carbonyl (C=O) groups excluding carboxylic acids is 1. The topological polar surface area (TPSA) is 77.8 Å². The molecule has 5 heteroatoms. The molecule has 1 heterocycles. The number of aliphatic carboxylic acids is 1. The van der Waals surface area contributed by atoms with Crippen LogP contribution in [0.1, 0.15) is 44.2 Å². The summed E-state index contributed by atoms with van der Waals surface area (Å²) in [5, 5.41) is 18.9. The Balaban J connectivity index is 1.69. The van der Waals surface area contributed by atoms with Crippen molar-refractivity contribution in [3.8, 4) is 5.75 Å². The molecule has 2 N–H and O–H groups in total. The highest BCUT2D eigenvalue weighted by atomic mass is 16.4. The fraction of sp³-hybridized carbons (Fsp3) is 0.462. The van der Waals surface area contributed by atoms with Crippen LogP contribution in [0.2, 0.25) is 0 Å². The molecule has 0 bridgehead atoms. The molecule has 0 radical (unpaired) electrons. The third-order valence-corrected chi connectivity index (χ3v) is 6.92. The molecule has 166 valence electrons. The molecular formula is C26H33NO4. The number of carboxylic acids is 1. The van der Waals surface area contributed by atoms with E-state index in [4.69, 9.17) is 5.11 Å². The predicted octanol–water partition coefficient (Wildman–Crippen LogP) is 4.28. The summed E-state index contributed by atoms with van der Waals surface area (Å²) in [7, 11) is 0. The average molecular weight is 424 g/mol. The molecule has 2 aromatic carbocycles. The highest BCUT2D eigenvalue weighted by Gasteiger charge is 2.39. The smallest absolute Gasteiger partial charge is 0.303 e. The lowest BCUT2D eigenvalue weighted by molar-refractivity contribution is -0.139. The van der Waals surface area contributed by atoms with Gasteiger partial charge in [0.25, 0.3) is 0 Å². The van der Waals surface area contributed by atoms with Gasteiger partial charge in [0.1, 0.15) is 11.5 Å². The maximum absolute atomic E-state index is 12.9. The van der Waals surface area contributed by atoms with Gasteiger partial charge in [-0.05, 0) is 54.0 Å². The van der Waals surface area contributed by atoms with E-state index in [0.29, 0.717) is 24.6 Å². The zero-order chi connectivity index (χ0) is 22.4. The minimum absolute atomic E-state index is 0.0280. The van der Waals surface area contributed by atoms with Gasteiger partial charge in [-0.3, -0.25) is 9.59 Å². The number of hydrogen-bond acceptors (Lipinski definition) is 4. The van der Waals surface area contributed by atoms with Gasteiger partial charge in [0, 0.05) is 25.4 Å². The summed E-state index contributed by atoms with van der Waals surface area (Å²) >= 11 is 0. The second-order valence-corrected chi connectivity index (χ2v) is 9.13. The zero-order valence-electron chi connectivity index (χ0n) is 18.5. The standard InChI is InChI=1S/C26H33NO4/c1-19-17-27(14-13-26(19,2)22-9-6-10-23(28)16-22)18-21(24(29)11-12-25(30)31)15-20-7-4-3-5-8-20/h3-10,16,19,21,28H,11-15,17-18H2,1-2H3,(H,30,31)/t19-,21?,26+/m0/s1. The van der Waals surface area contributed by atoms with E-state index in [1.807, 2.05) is 42.5 Å². The lowest BCUT2D eigenvalue weighted by Crippen LogP contribution is -2.49. The Labute approximate surface area is 184 Å². The maximum atomic E-state index is 12.9. The van der Waals surface area contributed by atoms with Gasteiger partial charge >= 0.3 is 5.97 Å². The number of likely N-dealkylation sites (tertiary alicyclic amines) is 1. The van der Waals surface area contributed by atoms with Crippen molar-refractivity contribution in [1.29, 1.82) is 0 Å². The Bertz CT molecular complexity index is 897. The van der Waals surface area contributed by atoms with Crippen molar-refractivity contribution in [3.05, 3.63) is 65.7 Å². The third kappa shape index (κ3) is 5.95. The van der Waals surface area contributed by atoms with E-state index in [-0.39, 0.29) is 30.0 Å². The Hall–Kier alpha value is -2.66. The van der Waals surface area contributed by atoms with Gasteiger partial charge in [-0.2, -0.15) is 0 Å². The maximum Gasteiger partial charge on any atom is 0.303 e. The Morgan fingerprint density at radius 3 is 2.52 bits per heavy atom. The number of Topliss-reactive ketones (excluding diaryl/α,β-unsaturated/α-hetero) is 1. The van der Waals surface area contributed by atoms with Crippen LogP contribution in [0.5, 0.6) is 5.75 Å². The van der Waals surface area contributed by atoms with Gasteiger partial charge in [0.2, 0.25) is 0 Å². The summed E-state index contributed by atoms with van der Waals surface area (Å²) < 4.78 is 0. The molecule has 5 nitrogen and oxygen atoms in total. The molecule has 0 aromatic heterocycles. The van der Waals surface area contributed by atoms with Crippen LogP contribution in [0, 0.1) is 11.8 Å². The second-order valence-electron chi connectivity index (χ2n) is 9.13. The number of carboxylic acid groups (broad SMARTS) is 1. The van der Waals surface area contributed by atoms with Gasteiger partial charge in [0.05, 0.1) is 6.42 Å². The van der Waals surface area contributed by atoms with Crippen molar-refractivity contribution >= 4 is 11.8 Å². The largest absolute Gasteiger partial charge is 0.508 e. The number of ketones is 1. The summed E-state index contributed by atoms with van der Waals surface area (Å²) in [6.07, 6.45) is 1.54. The molecule has 1 aliphatic heterocycles. The van der Waals surface area contributed by atoms with Gasteiger partial charge in [-0.1, -0.05) is 56.3 Å². The fourth-order valence-corrected chi connectivity index (χ4v) is 4.70. The van der Waals surface area contributed by atoms with Crippen molar-refractivity contribution in [2.24, 2.45) is 11.8 Å². The van der Waals surface area contributed by atoms with Crippen LogP contribution in [0.3, 0.4) is 0 Å². The van der Waals surface area contributed by atoms with Gasteiger partial charge in [-0.25, -0.2) is 0 Å². The lowest BCUT2D eigenvalue weighted by atomic mass is 9.68. The van der Waals surface area contributed by atoms with Crippen LogP contribution < -0.4 is 0 Å². The number of benzene rings is 2. The van der Waals surface area contributed by atoms with Gasteiger partial charge < -0.3 is 15.1 Å². The van der Waals surface area contributed by atoms with Crippen molar-refractivity contribution in [3.63, 3.8) is 0 Å². The number of rotatable bonds is 9. The number of phenols is 1. The van der Waals surface area contributed by atoms with Crippen LogP contribution in [-0.2, 0) is 21.4 Å². The molecule has 3 rings (SSSR count). The Morgan fingerprint density at radius 1 is 1.13 bits per heavy atom. The molecule has 0 spiro atoms. The number of phenolic OH excluding ortho intramolecular Hbond substituents is 1. The van der Waals surface area contributed by atoms with Crippen molar-refractivity contribution in [2.75, 3.05) is 19.6 Å². The molecule has 0 aliphatic carbocycles.